The Kier molecular flexibility index (Phi) is 3.41. The molecule has 3 nitrogen and oxygen atoms in total. The highest BCUT2D eigenvalue weighted by Gasteiger charge is 2.06. The summed E-state index contributed by atoms with van der Waals surface area (Å²) in [5, 5.41) is 7.49. The Morgan fingerprint density at radius 2 is 2.25 bits per heavy atom. The van der Waals surface area contributed by atoms with Crippen LogP contribution in [0.1, 0.15) is 20.9 Å². The van der Waals surface area contributed by atoms with Gasteiger partial charge in [-0.05, 0) is 38.1 Å². The van der Waals surface area contributed by atoms with E-state index in [2.05, 4.69) is 36.5 Å². The van der Waals surface area contributed by atoms with Crippen LogP contribution in [0.5, 0.6) is 0 Å². The molecule has 0 aliphatic rings. The van der Waals surface area contributed by atoms with Crippen molar-refractivity contribution in [2.75, 3.05) is 7.05 Å². The number of thiophene rings is 1. The molecule has 0 saturated heterocycles. The smallest absolute Gasteiger partial charge is 0.0670 e. The van der Waals surface area contributed by atoms with Crippen LogP contribution in [-0.4, -0.2) is 16.8 Å². The van der Waals surface area contributed by atoms with Gasteiger partial charge in [-0.1, -0.05) is 0 Å². The molecule has 0 fully saturated rings. The van der Waals surface area contributed by atoms with E-state index in [0.717, 1.165) is 13.1 Å². The van der Waals surface area contributed by atoms with Gasteiger partial charge in [-0.3, -0.25) is 4.68 Å². The van der Waals surface area contributed by atoms with E-state index >= 15 is 0 Å². The Bertz CT molecular complexity index is 470. The minimum atomic E-state index is 0.875. The van der Waals surface area contributed by atoms with Crippen LogP contribution >= 0.6 is 11.3 Å². The molecule has 2 heterocycles. The predicted octanol–water partition coefficient (Wildman–Crippen LogP) is 2.33. The van der Waals surface area contributed by atoms with Crippen molar-refractivity contribution in [2.45, 2.75) is 26.9 Å². The molecular formula is C12H17N3S. The molecule has 0 radical (unpaired) electrons. The van der Waals surface area contributed by atoms with Crippen LogP contribution in [0.25, 0.3) is 0 Å². The van der Waals surface area contributed by atoms with Crippen molar-refractivity contribution in [3.05, 3.63) is 39.3 Å². The zero-order chi connectivity index (χ0) is 11.5. The number of aryl methyl sites for hydroxylation is 2. The van der Waals surface area contributed by atoms with Crippen LogP contribution in [0.4, 0.5) is 0 Å². The number of hydrogen-bond acceptors (Lipinski definition) is 3. The highest BCUT2D eigenvalue weighted by Crippen LogP contribution is 2.22. The van der Waals surface area contributed by atoms with Gasteiger partial charge >= 0.3 is 0 Å². The molecule has 4 heteroatoms. The summed E-state index contributed by atoms with van der Waals surface area (Å²) in [5.41, 5.74) is 2.58. The van der Waals surface area contributed by atoms with Gasteiger partial charge in [0.1, 0.15) is 0 Å². The van der Waals surface area contributed by atoms with Gasteiger partial charge in [0.25, 0.3) is 0 Å². The van der Waals surface area contributed by atoms with Crippen molar-refractivity contribution < 1.29 is 0 Å². The zero-order valence-corrected chi connectivity index (χ0v) is 10.8. The lowest BCUT2D eigenvalue weighted by atomic mass is 10.2. The SMILES string of the molecule is CNCc1cc(Cn2cc(C)cn2)c(C)s1. The summed E-state index contributed by atoms with van der Waals surface area (Å²) < 4.78 is 1.99. The summed E-state index contributed by atoms with van der Waals surface area (Å²) in [6, 6.07) is 2.27. The number of hydrogen-bond donors (Lipinski definition) is 1. The normalized spacial score (nSPS) is 10.9. The van der Waals surface area contributed by atoms with Gasteiger partial charge < -0.3 is 5.32 Å². The highest BCUT2D eigenvalue weighted by atomic mass is 32.1. The van der Waals surface area contributed by atoms with Crippen LogP contribution in [0.15, 0.2) is 18.5 Å². The Hall–Kier alpha value is -1.13. The van der Waals surface area contributed by atoms with E-state index in [9.17, 15) is 0 Å². The largest absolute Gasteiger partial charge is 0.315 e. The predicted molar refractivity (Wildman–Crippen MR) is 67.9 cm³/mol. The van der Waals surface area contributed by atoms with Gasteiger partial charge in [0, 0.05) is 22.5 Å². The summed E-state index contributed by atoms with van der Waals surface area (Å²) in [7, 11) is 1.98. The summed E-state index contributed by atoms with van der Waals surface area (Å²) >= 11 is 1.86. The molecule has 0 atom stereocenters. The monoisotopic (exact) mass is 235 g/mol. The molecule has 0 spiro atoms. The molecule has 0 aliphatic carbocycles. The standard InChI is InChI=1S/C12H17N3S/c1-9-5-14-15(7-9)8-11-4-12(6-13-3)16-10(11)2/h4-5,7,13H,6,8H2,1-3H3. The van der Waals surface area contributed by atoms with Crippen LogP contribution in [-0.2, 0) is 13.1 Å². The first-order valence-electron chi connectivity index (χ1n) is 5.41. The number of nitrogens with zero attached hydrogens (tertiary/aromatic N) is 2. The molecule has 0 unspecified atom stereocenters. The van der Waals surface area contributed by atoms with E-state index in [4.69, 9.17) is 0 Å². The van der Waals surface area contributed by atoms with E-state index < -0.39 is 0 Å². The lowest BCUT2D eigenvalue weighted by Gasteiger charge is -1.99. The minimum absolute atomic E-state index is 0.875. The fraction of sp³-hybridized carbons (Fsp3) is 0.417. The molecule has 1 N–H and O–H groups in total. The average Bonchev–Trinajstić information content (AvgIpc) is 2.76. The Morgan fingerprint density at radius 3 is 2.88 bits per heavy atom. The van der Waals surface area contributed by atoms with Crippen molar-refractivity contribution in [3.63, 3.8) is 0 Å². The highest BCUT2D eigenvalue weighted by molar-refractivity contribution is 7.12. The van der Waals surface area contributed by atoms with E-state index in [-0.39, 0.29) is 0 Å². The minimum Gasteiger partial charge on any atom is -0.315 e. The quantitative estimate of drug-likeness (QED) is 0.881. The van der Waals surface area contributed by atoms with Gasteiger partial charge in [0.2, 0.25) is 0 Å². The molecular weight excluding hydrogens is 218 g/mol. The van der Waals surface area contributed by atoms with Crippen LogP contribution < -0.4 is 5.32 Å². The molecule has 0 aromatic carbocycles. The van der Waals surface area contributed by atoms with Crippen molar-refractivity contribution in [2.24, 2.45) is 0 Å². The zero-order valence-electron chi connectivity index (χ0n) is 9.95. The van der Waals surface area contributed by atoms with Crippen LogP contribution in [0.2, 0.25) is 0 Å². The molecule has 0 bridgehead atoms. The van der Waals surface area contributed by atoms with E-state index in [0.29, 0.717) is 0 Å². The van der Waals surface area contributed by atoms with Gasteiger partial charge in [-0.25, -0.2) is 0 Å². The summed E-state index contributed by atoms with van der Waals surface area (Å²) in [5.74, 6) is 0. The second-order valence-electron chi connectivity index (χ2n) is 4.04. The first-order valence-corrected chi connectivity index (χ1v) is 6.22. The first kappa shape index (κ1) is 11.4. The van der Waals surface area contributed by atoms with Gasteiger partial charge in [-0.2, -0.15) is 5.10 Å². The fourth-order valence-corrected chi connectivity index (χ4v) is 2.80. The molecule has 2 rings (SSSR count). The number of rotatable bonds is 4. The first-order chi connectivity index (χ1) is 7.69. The van der Waals surface area contributed by atoms with E-state index in [1.807, 2.05) is 29.3 Å². The maximum atomic E-state index is 4.31. The maximum Gasteiger partial charge on any atom is 0.0670 e. The summed E-state index contributed by atoms with van der Waals surface area (Å²) in [6.07, 6.45) is 3.98. The second kappa shape index (κ2) is 4.80. The Balaban J connectivity index is 2.14. The average molecular weight is 235 g/mol. The van der Waals surface area contributed by atoms with Crippen molar-refractivity contribution >= 4 is 11.3 Å². The molecule has 0 amide bonds. The van der Waals surface area contributed by atoms with Crippen molar-refractivity contribution in [1.29, 1.82) is 0 Å². The van der Waals surface area contributed by atoms with Gasteiger partial charge in [0.05, 0.1) is 12.7 Å². The third kappa shape index (κ3) is 2.51. The second-order valence-corrected chi connectivity index (χ2v) is 5.38. The van der Waals surface area contributed by atoms with E-state index in [1.165, 1.54) is 20.9 Å². The third-order valence-electron chi connectivity index (χ3n) is 2.52. The number of aromatic nitrogens is 2. The summed E-state index contributed by atoms with van der Waals surface area (Å²) in [4.78, 5) is 2.78. The third-order valence-corrected chi connectivity index (χ3v) is 3.61. The number of nitrogens with one attached hydrogen (secondary N) is 1. The lowest BCUT2D eigenvalue weighted by molar-refractivity contribution is 0.685. The Morgan fingerprint density at radius 1 is 1.44 bits per heavy atom. The fourth-order valence-electron chi connectivity index (χ4n) is 1.73. The Labute approximate surface area is 100 Å². The molecule has 2 aromatic heterocycles. The maximum absolute atomic E-state index is 4.31. The molecule has 86 valence electrons. The summed E-state index contributed by atoms with van der Waals surface area (Å²) in [6.45, 7) is 6.06. The molecule has 2 aromatic rings. The molecule has 0 saturated carbocycles. The van der Waals surface area contributed by atoms with Crippen LogP contribution in [0, 0.1) is 13.8 Å². The molecule has 16 heavy (non-hydrogen) atoms. The van der Waals surface area contributed by atoms with Gasteiger partial charge in [-0.15, -0.1) is 11.3 Å². The van der Waals surface area contributed by atoms with Gasteiger partial charge in [0.15, 0.2) is 0 Å². The van der Waals surface area contributed by atoms with E-state index in [1.54, 1.807) is 0 Å². The van der Waals surface area contributed by atoms with Crippen molar-refractivity contribution in [1.82, 2.24) is 15.1 Å². The van der Waals surface area contributed by atoms with Crippen molar-refractivity contribution in [3.8, 4) is 0 Å². The van der Waals surface area contributed by atoms with Crippen LogP contribution in [0.3, 0.4) is 0 Å². The molecule has 0 aliphatic heterocycles. The topological polar surface area (TPSA) is 29.9 Å². The lowest BCUT2D eigenvalue weighted by Crippen LogP contribution is -2.03.